The summed E-state index contributed by atoms with van der Waals surface area (Å²) in [5.41, 5.74) is 0. The van der Waals surface area contributed by atoms with Gasteiger partial charge < -0.3 is 5.32 Å². The van der Waals surface area contributed by atoms with Gasteiger partial charge in [-0.05, 0) is 59.2 Å². The summed E-state index contributed by atoms with van der Waals surface area (Å²) in [5.74, 6) is 0.661. The lowest BCUT2D eigenvalue weighted by atomic mass is 10.1. The van der Waals surface area contributed by atoms with Crippen molar-refractivity contribution >= 4 is 27.3 Å². The summed E-state index contributed by atoms with van der Waals surface area (Å²) >= 11 is 5.43. The molecule has 0 aliphatic heterocycles. The fraction of sp³-hybridized carbons (Fsp3) is 0.636. The SMILES string of the molecule is CCCNCCC(C)c1sccc1Br. The molecule has 1 aromatic rings. The summed E-state index contributed by atoms with van der Waals surface area (Å²) < 4.78 is 1.27. The van der Waals surface area contributed by atoms with Crippen molar-refractivity contribution in [3.63, 3.8) is 0 Å². The molecule has 0 spiro atoms. The van der Waals surface area contributed by atoms with Gasteiger partial charge in [-0.1, -0.05) is 13.8 Å². The van der Waals surface area contributed by atoms with Crippen LogP contribution in [-0.4, -0.2) is 13.1 Å². The highest BCUT2D eigenvalue weighted by atomic mass is 79.9. The molecule has 0 aliphatic rings. The fourth-order valence-corrected chi connectivity index (χ4v) is 3.27. The maximum absolute atomic E-state index is 3.58. The van der Waals surface area contributed by atoms with Crippen molar-refractivity contribution < 1.29 is 0 Å². The van der Waals surface area contributed by atoms with Crippen LogP contribution in [-0.2, 0) is 0 Å². The molecule has 14 heavy (non-hydrogen) atoms. The van der Waals surface area contributed by atoms with Crippen LogP contribution in [0.2, 0.25) is 0 Å². The molecular weight excluding hydrogens is 258 g/mol. The molecule has 0 bridgehead atoms. The molecule has 0 fully saturated rings. The lowest BCUT2D eigenvalue weighted by molar-refractivity contribution is 0.594. The van der Waals surface area contributed by atoms with Crippen LogP contribution in [0.25, 0.3) is 0 Å². The van der Waals surface area contributed by atoms with Crippen LogP contribution in [0.4, 0.5) is 0 Å². The van der Waals surface area contributed by atoms with Gasteiger partial charge in [0.25, 0.3) is 0 Å². The molecule has 1 aromatic heterocycles. The lowest BCUT2D eigenvalue weighted by Gasteiger charge is -2.10. The Labute approximate surface area is 99.0 Å². The van der Waals surface area contributed by atoms with Crippen molar-refractivity contribution in [3.8, 4) is 0 Å². The van der Waals surface area contributed by atoms with Gasteiger partial charge in [0, 0.05) is 9.35 Å². The van der Waals surface area contributed by atoms with Crippen LogP contribution in [0.5, 0.6) is 0 Å². The number of thiophene rings is 1. The average Bonchev–Trinajstić information content (AvgIpc) is 2.59. The van der Waals surface area contributed by atoms with Gasteiger partial charge in [0.05, 0.1) is 0 Å². The van der Waals surface area contributed by atoms with Crippen molar-refractivity contribution in [1.29, 1.82) is 0 Å². The summed E-state index contributed by atoms with van der Waals surface area (Å²) in [5, 5.41) is 5.58. The van der Waals surface area contributed by atoms with E-state index in [2.05, 4.69) is 46.5 Å². The van der Waals surface area contributed by atoms with Crippen molar-refractivity contribution in [2.24, 2.45) is 0 Å². The zero-order valence-electron chi connectivity index (χ0n) is 8.85. The first-order valence-corrected chi connectivity index (χ1v) is 6.86. The van der Waals surface area contributed by atoms with Gasteiger partial charge in [0.2, 0.25) is 0 Å². The van der Waals surface area contributed by atoms with E-state index in [9.17, 15) is 0 Å². The van der Waals surface area contributed by atoms with Crippen molar-refractivity contribution in [2.45, 2.75) is 32.6 Å². The Hall–Kier alpha value is 0.140. The van der Waals surface area contributed by atoms with E-state index in [1.807, 2.05) is 11.3 Å². The molecule has 0 saturated carbocycles. The number of nitrogens with one attached hydrogen (secondary N) is 1. The van der Waals surface area contributed by atoms with E-state index in [1.54, 1.807) is 0 Å². The van der Waals surface area contributed by atoms with Crippen molar-refractivity contribution in [2.75, 3.05) is 13.1 Å². The third kappa shape index (κ3) is 3.71. The number of halogens is 1. The zero-order chi connectivity index (χ0) is 10.4. The molecule has 0 aliphatic carbocycles. The second kappa shape index (κ2) is 6.59. The van der Waals surface area contributed by atoms with Crippen LogP contribution < -0.4 is 5.32 Å². The molecule has 1 atom stereocenters. The summed E-state index contributed by atoms with van der Waals surface area (Å²) in [6.45, 7) is 6.76. The molecule has 1 nitrogen and oxygen atoms in total. The Morgan fingerprint density at radius 3 is 2.86 bits per heavy atom. The quantitative estimate of drug-likeness (QED) is 0.774. The number of hydrogen-bond acceptors (Lipinski definition) is 2. The lowest BCUT2D eigenvalue weighted by Crippen LogP contribution is -2.17. The second-order valence-corrected chi connectivity index (χ2v) is 5.37. The van der Waals surface area contributed by atoms with E-state index >= 15 is 0 Å². The van der Waals surface area contributed by atoms with E-state index in [1.165, 1.54) is 22.2 Å². The van der Waals surface area contributed by atoms with Gasteiger partial charge in [-0.15, -0.1) is 11.3 Å². The van der Waals surface area contributed by atoms with Crippen LogP contribution in [0, 0.1) is 0 Å². The summed E-state index contributed by atoms with van der Waals surface area (Å²) in [6, 6.07) is 2.13. The van der Waals surface area contributed by atoms with Gasteiger partial charge >= 0.3 is 0 Å². The molecule has 1 rings (SSSR count). The third-order valence-electron chi connectivity index (χ3n) is 2.27. The predicted molar refractivity (Wildman–Crippen MR) is 68.2 cm³/mol. The van der Waals surface area contributed by atoms with Crippen LogP contribution in [0.15, 0.2) is 15.9 Å². The fourth-order valence-electron chi connectivity index (χ4n) is 1.41. The highest BCUT2D eigenvalue weighted by Crippen LogP contribution is 2.31. The minimum atomic E-state index is 0.661. The Balaban J connectivity index is 2.28. The van der Waals surface area contributed by atoms with Gasteiger partial charge in [0.1, 0.15) is 0 Å². The van der Waals surface area contributed by atoms with E-state index in [0.29, 0.717) is 5.92 Å². The van der Waals surface area contributed by atoms with E-state index in [-0.39, 0.29) is 0 Å². The predicted octanol–water partition coefficient (Wildman–Crippen LogP) is 4.00. The molecule has 0 radical (unpaired) electrons. The monoisotopic (exact) mass is 275 g/mol. The number of rotatable bonds is 6. The second-order valence-electron chi connectivity index (χ2n) is 3.57. The van der Waals surface area contributed by atoms with Crippen LogP contribution >= 0.6 is 27.3 Å². The summed E-state index contributed by atoms with van der Waals surface area (Å²) in [7, 11) is 0. The molecule has 3 heteroatoms. The van der Waals surface area contributed by atoms with E-state index in [4.69, 9.17) is 0 Å². The van der Waals surface area contributed by atoms with Gasteiger partial charge in [0.15, 0.2) is 0 Å². The standard InChI is InChI=1S/C11H18BrNS/c1-3-6-13-7-4-9(2)11-10(12)5-8-14-11/h5,8-9,13H,3-4,6-7H2,1-2H3. The van der Waals surface area contributed by atoms with Gasteiger partial charge in [-0.3, -0.25) is 0 Å². The first-order chi connectivity index (χ1) is 6.75. The van der Waals surface area contributed by atoms with Crippen molar-refractivity contribution in [1.82, 2.24) is 5.32 Å². The largest absolute Gasteiger partial charge is 0.317 e. The van der Waals surface area contributed by atoms with E-state index < -0.39 is 0 Å². The summed E-state index contributed by atoms with van der Waals surface area (Å²) in [6.07, 6.45) is 2.44. The molecule has 1 heterocycles. The molecular formula is C11H18BrNS. The smallest absolute Gasteiger partial charge is 0.0317 e. The Morgan fingerprint density at radius 2 is 2.29 bits per heavy atom. The maximum Gasteiger partial charge on any atom is 0.0317 e. The zero-order valence-corrected chi connectivity index (χ0v) is 11.2. The molecule has 80 valence electrons. The Morgan fingerprint density at radius 1 is 1.50 bits per heavy atom. The van der Waals surface area contributed by atoms with Gasteiger partial charge in [-0.25, -0.2) is 0 Å². The Bertz CT molecular complexity index is 260. The normalized spacial score (nSPS) is 13.1. The first kappa shape index (κ1) is 12.2. The van der Waals surface area contributed by atoms with Gasteiger partial charge in [-0.2, -0.15) is 0 Å². The number of hydrogen-bond donors (Lipinski definition) is 1. The third-order valence-corrected chi connectivity index (χ3v) is 4.38. The highest BCUT2D eigenvalue weighted by Gasteiger charge is 2.09. The highest BCUT2D eigenvalue weighted by molar-refractivity contribution is 9.10. The molecule has 1 unspecified atom stereocenters. The van der Waals surface area contributed by atoms with E-state index in [0.717, 1.165) is 13.1 Å². The minimum Gasteiger partial charge on any atom is -0.317 e. The molecule has 1 N–H and O–H groups in total. The first-order valence-electron chi connectivity index (χ1n) is 5.19. The maximum atomic E-state index is 3.58. The molecule has 0 saturated heterocycles. The van der Waals surface area contributed by atoms with Crippen LogP contribution in [0.1, 0.15) is 37.5 Å². The average molecular weight is 276 g/mol. The minimum absolute atomic E-state index is 0.661. The molecule has 0 amide bonds. The summed E-state index contributed by atoms with van der Waals surface area (Å²) in [4.78, 5) is 1.48. The Kier molecular flexibility index (Phi) is 5.75. The molecule has 0 aromatic carbocycles. The van der Waals surface area contributed by atoms with Crippen molar-refractivity contribution in [3.05, 3.63) is 20.8 Å². The topological polar surface area (TPSA) is 12.0 Å². The van der Waals surface area contributed by atoms with Crippen LogP contribution in [0.3, 0.4) is 0 Å².